The molecule has 1 aromatic carbocycles. The molecule has 2 nitrogen and oxygen atoms in total. The summed E-state index contributed by atoms with van der Waals surface area (Å²) < 4.78 is 10.8. The SMILES string of the molecule is COCCc1cccc(OC(C)(C)C)c1. The number of ether oxygens (including phenoxy) is 2. The second-order valence-electron chi connectivity index (χ2n) is 4.60. The zero-order valence-corrected chi connectivity index (χ0v) is 10.0. The molecular formula is C13H20O2. The van der Waals surface area contributed by atoms with Crippen LogP contribution in [0.2, 0.25) is 0 Å². The summed E-state index contributed by atoms with van der Waals surface area (Å²) in [7, 11) is 1.72. The van der Waals surface area contributed by atoms with Crippen molar-refractivity contribution in [2.24, 2.45) is 0 Å². The van der Waals surface area contributed by atoms with Crippen LogP contribution in [0.4, 0.5) is 0 Å². The topological polar surface area (TPSA) is 18.5 Å². The predicted molar refractivity (Wildman–Crippen MR) is 62.4 cm³/mol. The molecule has 2 heteroatoms. The molecule has 0 aliphatic rings. The Balaban J connectivity index is 2.66. The van der Waals surface area contributed by atoms with Gasteiger partial charge in [-0.2, -0.15) is 0 Å². The van der Waals surface area contributed by atoms with Gasteiger partial charge >= 0.3 is 0 Å². The maximum atomic E-state index is 5.78. The van der Waals surface area contributed by atoms with Crippen molar-refractivity contribution in [3.05, 3.63) is 29.8 Å². The first kappa shape index (κ1) is 12.1. The summed E-state index contributed by atoms with van der Waals surface area (Å²) in [5, 5.41) is 0. The zero-order chi connectivity index (χ0) is 11.3. The summed E-state index contributed by atoms with van der Waals surface area (Å²) in [6, 6.07) is 8.17. The molecule has 0 radical (unpaired) electrons. The fraction of sp³-hybridized carbons (Fsp3) is 0.538. The van der Waals surface area contributed by atoms with Gasteiger partial charge in [0, 0.05) is 7.11 Å². The van der Waals surface area contributed by atoms with Crippen molar-refractivity contribution in [1.82, 2.24) is 0 Å². The van der Waals surface area contributed by atoms with Gasteiger partial charge in [-0.05, 0) is 44.9 Å². The summed E-state index contributed by atoms with van der Waals surface area (Å²) in [5.41, 5.74) is 1.11. The van der Waals surface area contributed by atoms with Crippen LogP contribution in [-0.4, -0.2) is 19.3 Å². The molecule has 0 atom stereocenters. The van der Waals surface area contributed by atoms with Crippen LogP contribution in [0.15, 0.2) is 24.3 Å². The monoisotopic (exact) mass is 208 g/mol. The smallest absolute Gasteiger partial charge is 0.120 e. The molecule has 0 aliphatic carbocycles. The third-order valence-corrected chi connectivity index (χ3v) is 1.92. The van der Waals surface area contributed by atoms with Crippen molar-refractivity contribution in [2.75, 3.05) is 13.7 Å². The highest BCUT2D eigenvalue weighted by Crippen LogP contribution is 2.19. The van der Waals surface area contributed by atoms with Gasteiger partial charge in [-0.15, -0.1) is 0 Å². The molecule has 0 spiro atoms. The van der Waals surface area contributed by atoms with Crippen LogP contribution < -0.4 is 4.74 Å². The Morgan fingerprint density at radius 2 is 1.93 bits per heavy atom. The van der Waals surface area contributed by atoms with E-state index in [9.17, 15) is 0 Å². The minimum atomic E-state index is -0.139. The van der Waals surface area contributed by atoms with Crippen LogP contribution in [0.5, 0.6) is 5.75 Å². The number of hydrogen-bond donors (Lipinski definition) is 0. The van der Waals surface area contributed by atoms with Crippen molar-refractivity contribution in [3.8, 4) is 5.75 Å². The fourth-order valence-electron chi connectivity index (χ4n) is 1.34. The molecule has 0 aromatic heterocycles. The molecule has 0 saturated carbocycles. The molecule has 0 amide bonds. The first-order chi connectivity index (χ1) is 7.01. The Labute approximate surface area is 92.2 Å². The maximum absolute atomic E-state index is 5.78. The highest BCUT2D eigenvalue weighted by molar-refractivity contribution is 5.29. The first-order valence-electron chi connectivity index (χ1n) is 5.28. The molecule has 1 rings (SSSR count). The Kier molecular flexibility index (Phi) is 4.15. The number of benzene rings is 1. The van der Waals surface area contributed by atoms with Crippen molar-refractivity contribution in [3.63, 3.8) is 0 Å². The Hall–Kier alpha value is -1.02. The fourth-order valence-corrected chi connectivity index (χ4v) is 1.34. The molecule has 0 unspecified atom stereocenters. The predicted octanol–water partition coefficient (Wildman–Crippen LogP) is 3.05. The lowest BCUT2D eigenvalue weighted by Gasteiger charge is -2.21. The minimum Gasteiger partial charge on any atom is -0.488 e. The third-order valence-electron chi connectivity index (χ3n) is 1.92. The van der Waals surface area contributed by atoms with Crippen LogP contribution in [-0.2, 0) is 11.2 Å². The van der Waals surface area contributed by atoms with E-state index in [1.807, 2.05) is 12.1 Å². The Morgan fingerprint density at radius 1 is 1.20 bits per heavy atom. The molecule has 0 bridgehead atoms. The van der Waals surface area contributed by atoms with Crippen molar-refractivity contribution >= 4 is 0 Å². The summed E-state index contributed by atoms with van der Waals surface area (Å²) in [6.45, 7) is 6.90. The Morgan fingerprint density at radius 3 is 2.53 bits per heavy atom. The van der Waals surface area contributed by atoms with Crippen LogP contribution in [0.3, 0.4) is 0 Å². The molecule has 0 heterocycles. The van der Waals surface area contributed by atoms with E-state index in [2.05, 4.69) is 32.9 Å². The van der Waals surface area contributed by atoms with Gasteiger partial charge in [0.15, 0.2) is 0 Å². The molecule has 0 aliphatic heterocycles. The molecule has 84 valence electrons. The van der Waals surface area contributed by atoms with E-state index in [4.69, 9.17) is 9.47 Å². The normalized spacial score (nSPS) is 11.5. The van der Waals surface area contributed by atoms with Crippen molar-refractivity contribution in [2.45, 2.75) is 32.8 Å². The van der Waals surface area contributed by atoms with Gasteiger partial charge in [0.2, 0.25) is 0 Å². The van der Waals surface area contributed by atoms with Gasteiger partial charge in [0.25, 0.3) is 0 Å². The summed E-state index contributed by atoms with van der Waals surface area (Å²) >= 11 is 0. The van der Waals surface area contributed by atoms with E-state index >= 15 is 0 Å². The van der Waals surface area contributed by atoms with E-state index in [0.29, 0.717) is 0 Å². The van der Waals surface area contributed by atoms with Crippen molar-refractivity contribution in [1.29, 1.82) is 0 Å². The lowest BCUT2D eigenvalue weighted by molar-refractivity contribution is 0.130. The average molecular weight is 208 g/mol. The summed E-state index contributed by atoms with van der Waals surface area (Å²) in [4.78, 5) is 0. The summed E-state index contributed by atoms with van der Waals surface area (Å²) in [5.74, 6) is 0.927. The highest BCUT2D eigenvalue weighted by atomic mass is 16.5. The lowest BCUT2D eigenvalue weighted by atomic mass is 10.1. The van der Waals surface area contributed by atoms with E-state index < -0.39 is 0 Å². The third kappa shape index (κ3) is 4.84. The molecular weight excluding hydrogens is 188 g/mol. The van der Waals surface area contributed by atoms with Crippen LogP contribution in [0.1, 0.15) is 26.3 Å². The van der Waals surface area contributed by atoms with Crippen LogP contribution >= 0.6 is 0 Å². The van der Waals surface area contributed by atoms with Crippen LogP contribution in [0.25, 0.3) is 0 Å². The number of rotatable bonds is 4. The average Bonchev–Trinajstić information content (AvgIpc) is 2.12. The molecule has 1 aromatic rings. The van der Waals surface area contributed by atoms with Crippen LogP contribution in [0, 0.1) is 0 Å². The quantitative estimate of drug-likeness (QED) is 0.757. The van der Waals surface area contributed by atoms with Gasteiger partial charge in [-0.3, -0.25) is 0 Å². The van der Waals surface area contributed by atoms with Gasteiger partial charge in [0.05, 0.1) is 6.61 Å². The summed E-state index contributed by atoms with van der Waals surface area (Å²) in [6.07, 6.45) is 0.928. The molecule has 15 heavy (non-hydrogen) atoms. The van der Waals surface area contributed by atoms with Gasteiger partial charge < -0.3 is 9.47 Å². The Bertz CT molecular complexity index is 300. The molecule has 0 N–H and O–H groups in total. The van der Waals surface area contributed by atoms with Gasteiger partial charge in [0.1, 0.15) is 11.4 Å². The lowest BCUT2D eigenvalue weighted by Crippen LogP contribution is -2.22. The second-order valence-corrected chi connectivity index (χ2v) is 4.60. The first-order valence-corrected chi connectivity index (χ1v) is 5.28. The largest absolute Gasteiger partial charge is 0.488 e. The van der Waals surface area contributed by atoms with E-state index in [1.165, 1.54) is 5.56 Å². The zero-order valence-electron chi connectivity index (χ0n) is 10.0. The second kappa shape index (κ2) is 5.17. The molecule has 0 fully saturated rings. The number of methoxy groups -OCH3 is 1. The van der Waals surface area contributed by atoms with Gasteiger partial charge in [-0.25, -0.2) is 0 Å². The highest BCUT2D eigenvalue weighted by Gasteiger charge is 2.11. The van der Waals surface area contributed by atoms with Gasteiger partial charge in [-0.1, -0.05) is 12.1 Å². The number of hydrogen-bond acceptors (Lipinski definition) is 2. The molecule has 0 saturated heterocycles. The van der Waals surface area contributed by atoms with E-state index in [1.54, 1.807) is 7.11 Å². The van der Waals surface area contributed by atoms with E-state index in [0.717, 1.165) is 18.8 Å². The minimum absolute atomic E-state index is 0.139. The standard InChI is InChI=1S/C13H20O2/c1-13(2,3)15-12-7-5-6-11(10-12)8-9-14-4/h5-7,10H,8-9H2,1-4H3. The van der Waals surface area contributed by atoms with E-state index in [-0.39, 0.29) is 5.60 Å². The maximum Gasteiger partial charge on any atom is 0.120 e. The van der Waals surface area contributed by atoms with Crippen molar-refractivity contribution < 1.29 is 9.47 Å².